The highest BCUT2D eigenvalue weighted by atomic mass is 19.3. The SMILES string of the molecule is C#C.CC.CC1(C)CC[C@]2(NC(=O)C(C)(F)F)CC[C@]3(C)[C@H](C(=O)C=C4[C@@]5(C)C=C(C#N)C(=O)C(C)(C)C5CC[C@]43C)[C@@H]2C1. The molecule has 3 fully saturated rings. The summed E-state index contributed by atoms with van der Waals surface area (Å²) in [4.78, 5) is 40.3. The van der Waals surface area contributed by atoms with Crippen LogP contribution in [0.5, 0.6) is 0 Å². The van der Waals surface area contributed by atoms with Crippen molar-refractivity contribution in [3.8, 4) is 18.9 Å². The standard InChI is InChI=1S/C33H44F2N2O3.C2H6.C2H2/c1-27(2)11-13-33(37-26(40)32(8,34)35)14-12-31(7)24(20(33)17-27)21(38)15-23-29(5)16-19(18-36)25(39)28(3,4)22(29)9-10-30(23,31)6;2*1-2/h15-16,20,22,24H,9-14,17H2,1-8H3,(H,37,40);1-2H3;1-2H/t20-,22?,24-,29-,30+,31+,33-;;/m0../s1. The molecular weight excluding hydrogens is 558 g/mol. The molecule has 1 amide bonds. The van der Waals surface area contributed by atoms with Gasteiger partial charge in [0.25, 0.3) is 5.91 Å². The molecular formula is C37H52F2N2O3. The number of carbonyl (C=O) groups excluding carboxylic acids is 3. The number of terminal acetylenes is 1. The second-order valence-electron chi connectivity index (χ2n) is 15.8. The fourth-order valence-corrected chi connectivity index (χ4v) is 10.2. The van der Waals surface area contributed by atoms with Crippen LogP contribution in [0.25, 0.3) is 0 Å². The molecule has 44 heavy (non-hydrogen) atoms. The summed E-state index contributed by atoms with van der Waals surface area (Å²) in [5, 5.41) is 12.7. The Kier molecular flexibility index (Phi) is 9.10. The van der Waals surface area contributed by atoms with Crippen molar-refractivity contribution in [2.75, 3.05) is 0 Å². The first kappa shape index (κ1) is 35.7. The van der Waals surface area contributed by atoms with E-state index in [1.807, 2.05) is 33.8 Å². The van der Waals surface area contributed by atoms with Crippen LogP contribution in [0.15, 0.2) is 23.3 Å². The molecule has 0 aromatic rings. The number of Topliss-reactive ketones (excluding diaryl/α,β-unsaturated/α-hetero) is 1. The van der Waals surface area contributed by atoms with Gasteiger partial charge in [0.05, 0.1) is 5.57 Å². The number of nitrogens with zero attached hydrogens (tertiary/aromatic N) is 1. The molecule has 0 aromatic heterocycles. The maximum atomic E-state index is 14.4. The van der Waals surface area contributed by atoms with Crippen molar-refractivity contribution in [3.05, 3.63) is 23.3 Å². The van der Waals surface area contributed by atoms with Gasteiger partial charge in [-0.2, -0.15) is 14.0 Å². The molecule has 242 valence electrons. The van der Waals surface area contributed by atoms with Gasteiger partial charge < -0.3 is 5.32 Å². The second kappa shape index (κ2) is 11.2. The van der Waals surface area contributed by atoms with Gasteiger partial charge in [0.1, 0.15) is 6.07 Å². The lowest BCUT2D eigenvalue weighted by Crippen LogP contribution is -2.70. The molecule has 0 aliphatic heterocycles. The number of hydrogen-bond donors (Lipinski definition) is 1. The number of allylic oxidation sites excluding steroid dienone is 4. The summed E-state index contributed by atoms with van der Waals surface area (Å²) in [6.45, 7) is 19.3. The molecule has 1 unspecified atom stereocenters. The van der Waals surface area contributed by atoms with Crippen LogP contribution >= 0.6 is 0 Å². The van der Waals surface area contributed by atoms with E-state index in [4.69, 9.17) is 0 Å². The summed E-state index contributed by atoms with van der Waals surface area (Å²) in [6, 6.07) is 2.13. The third-order valence-corrected chi connectivity index (χ3v) is 12.6. The third kappa shape index (κ3) is 4.98. The van der Waals surface area contributed by atoms with Gasteiger partial charge in [0, 0.05) is 29.2 Å². The lowest BCUT2D eigenvalue weighted by atomic mass is 9.35. The van der Waals surface area contributed by atoms with Crippen LogP contribution in [0, 0.1) is 69.0 Å². The van der Waals surface area contributed by atoms with E-state index in [2.05, 4.69) is 58.9 Å². The van der Waals surface area contributed by atoms with Gasteiger partial charge in [0.15, 0.2) is 11.6 Å². The first-order valence-electron chi connectivity index (χ1n) is 16.2. The van der Waals surface area contributed by atoms with Crippen molar-refractivity contribution in [1.82, 2.24) is 5.32 Å². The average molecular weight is 611 g/mol. The second-order valence-corrected chi connectivity index (χ2v) is 15.8. The summed E-state index contributed by atoms with van der Waals surface area (Å²) in [5.41, 5.74) is -1.98. The highest BCUT2D eigenvalue weighted by molar-refractivity contribution is 6.04. The molecule has 7 atom stereocenters. The zero-order valence-corrected chi connectivity index (χ0v) is 28.4. The molecule has 0 radical (unpaired) electrons. The molecule has 0 saturated heterocycles. The Balaban J connectivity index is 0.00000127. The van der Waals surface area contributed by atoms with E-state index in [-0.39, 0.29) is 34.4 Å². The average Bonchev–Trinajstić information content (AvgIpc) is 2.94. The third-order valence-electron chi connectivity index (χ3n) is 12.6. The van der Waals surface area contributed by atoms with Crippen LogP contribution in [0.4, 0.5) is 8.78 Å². The van der Waals surface area contributed by atoms with Crippen LogP contribution in [-0.2, 0) is 14.4 Å². The Morgan fingerprint density at radius 1 is 1.00 bits per heavy atom. The van der Waals surface area contributed by atoms with Crippen molar-refractivity contribution in [1.29, 1.82) is 5.26 Å². The molecule has 5 rings (SSSR count). The van der Waals surface area contributed by atoms with E-state index < -0.39 is 44.9 Å². The molecule has 0 bridgehead atoms. The monoisotopic (exact) mass is 610 g/mol. The normalized spacial score (nSPS) is 39.8. The quantitative estimate of drug-likeness (QED) is 0.321. The van der Waals surface area contributed by atoms with Crippen LogP contribution in [0.3, 0.4) is 0 Å². The minimum absolute atomic E-state index is 0.0113. The number of nitrogens with one attached hydrogen (secondary N) is 1. The number of amides is 1. The molecule has 1 N–H and O–H groups in total. The Morgan fingerprint density at radius 2 is 1.57 bits per heavy atom. The highest BCUT2D eigenvalue weighted by Gasteiger charge is 2.70. The van der Waals surface area contributed by atoms with E-state index in [1.54, 1.807) is 6.08 Å². The van der Waals surface area contributed by atoms with E-state index in [1.165, 1.54) is 0 Å². The minimum Gasteiger partial charge on any atom is -0.345 e. The van der Waals surface area contributed by atoms with Crippen molar-refractivity contribution in [2.45, 2.75) is 126 Å². The van der Waals surface area contributed by atoms with Crippen molar-refractivity contribution < 1.29 is 23.2 Å². The Morgan fingerprint density at radius 3 is 2.11 bits per heavy atom. The maximum Gasteiger partial charge on any atom is 0.321 e. The van der Waals surface area contributed by atoms with Crippen LogP contribution in [0.2, 0.25) is 0 Å². The summed E-state index contributed by atoms with van der Waals surface area (Å²) in [5.74, 6) is -5.62. The molecule has 5 aliphatic carbocycles. The number of nitriles is 1. The maximum absolute atomic E-state index is 14.4. The molecule has 0 aromatic carbocycles. The van der Waals surface area contributed by atoms with E-state index in [0.29, 0.717) is 32.6 Å². The number of hydrogen-bond acceptors (Lipinski definition) is 4. The van der Waals surface area contributed by atoms with Gasteiger partial charge in [-0.25, -0.2) is 0 Å². The predicted molar refractivity (Wildman–Crippen MR) is 169 cm³/mol. The topological polar surface area (TPSA) is 87.0 Å². The Hall–Kier alpha value is -2.80. The number of carbonyl (C=O) groups is 3. The Labute approximate surface area is 263 Å². The molecule has 0 heterocycles. The van der Waals surface area contributed by atoms with E-state index >= 15 is 0 Å². The number of alkyl halides is 2. The van der Waals surface area contributed by atoms with Crippen LogP contribution in [0.1, 0.15) is 114 Å². The Bertz CT molecular complexity index is 1340. The van der Waals surface area contributed by atoms with Crippen molar-refractivity contribution in [2.24, 2.45) is 44.8 Å². The molecule has 5 aliphatic rings. The number of fused-ring (bicyclic) bond motifs is 7. The summed E-state index contributed by atoms with van der Waals surface area (Å²) in [7, 11) is 0. The van der Waals surface area contributed by atoms with Crippen LogP contribution < -0.4 is 5.32 Å². The minimum atomic E-state index is -3.49. The predicted octanol–water partition coefficient (Wildman–Crippen LogP) is 8.01. The molecule has 3 saturated carbocycles. The molecule has 0 spiro atoms. The van der Waals surface area contributed by atoms with Crippen LogP contribution in [-0.4, -0.2) is 28.9 Å². The van der Waals surface area contributed by atoms with Gasteiger partial charge >= 0.3 is 5.92 Å². The molecule has 5 nitrogen and oxygen atoms in total. The zero-order valence-electron chi connectivity index (χ0n) is 28.4. The summed E-state index contributed by atoms with van der Waals surface area (Å²) >= 11 is 0. The fraction of sp³-hybridized carbons (Fsp3) is 0.730. The first-order chi connectivity index (χ1) is 20.2. The lowest BCUT2D eigenvalue weighted by molar-refractivity contribution is -0.168. The fourth-order valence-electron chi connectivity index (χ4n) is 10.2. The summed E-state index contributed by atoms with van der Waals surface area (Å²) < 4.78 is 28.3. The lowest BCUT2D eigenvalue weighted by Gasteiger charge is -2.69. The highest BCUT2D eigenvalue weighted by Crippen LogP contribution is 2.73. The van der Waals surface area contributed by atoms with Crippen molar-refractivity contribution >= 4 is 17.5 Å². The van der Waals surface area contributed by atoms with E-state index in [0.717, 1.165) is 24.8 Å². The van der Waals surface area contributed by atoms with Gasteiger partial charge in [0.2, 0.25) is 0 Å². The van der Waals surface area contributed by atoms with Gasteiger partial charge in [-0.1, -0.05) is 74.0 Å². The number of rotatable bonds is 2. The van der Waals surface area contributed by atoms with Gasteiger partial charge in [-0.3, -0.25) is 14.4 Å². The largest absolute Gasteiger partial charge is 0.345 e. The van der Waals surface area contributed by atoms with Gasteiger partial charge in [-0.05, 0) is 79.1 Å². The van der Waals surface area contributed by atoms with Crippen molar-refractivity contribution in [3.63, 3.8) is 0 Å². The first-order valence-corrected chi connectivity index (χ1v) is 16.2. The number of ketones is 2. The molecule has 7 heteroatoms. The number of halogens is 2. The smallest absolute Gasteiger partial charge is 0.321 e. The summed E-state index contributed by atoms with van der Waals surface area (Å²) in [6.07, 6.45) is 16.4. The zero-order chi connectivity index (χ0) is 33.9. The van der Waals surface area contributed by atoms with E-state index in [9.17, 15) is 28.4 Å². The van der Waals surface area contributed by atoms with Gasteiger partial charge in [-0.15, -0.1) is 12.8 Å².